The molecule has 1 aromatic carbocycles. The van der Waals surface area contributed by atoms with Crippen molar-refractivity contribution >= 4 is 18.0 Å². The lowest BCUT2D eigenvalue weighted by Gasteiger charge is -2.37. The van der Waals surface area contributed by atoms with Crippen LogP contribution in [-0.2, 0) is 9.59 Å². The van der Waals surface area contributed by atoms with E-state index in [1.807, 2.05) is 12.1 Å². The lowest BCUT2D eigenvalue weighted by molar-refractivity contribution is -0.140. The number of hydrogen-bond donors (Lipinski definition) is 0. The molecule has 1 aromatic heterocycles. The molecule has 6 heteroatoms. The highest BCUT2D eigenvalue weighted by molar-refractivity contribution is 6.06. The Labute approximate surface area is 167 Å². The molecule has 6 nitrogen and oxygen atoms in total. The van der Waals surface area contributed by atoms with Gasteiger partial charge in [-0.1, -0.05) is 24.3 Å². The fourth-order valence-electron chi connectivity index (χ4n) is 5.53. The summed E-state index contributed by atoms with van der Waals surface area (Å²) in [4.78, 5) is 25.9. The van der Waals surface area contributed by atoms with Gasteiger partial charge in [0.15, 0.2) is 0 Å². The minimum Gasteiger partial charge on any atom is -0.455 e. The van der Waals surface area contributed by atoms with Gasteiger partial charge in [-0.05, 0) is 54.4 Å². The van der Waals surface area contributed by atoms with Crippen LogP contribution in [0.25, 0.3) is 11.3 Å². The van der Waals surface area contributed by atoms with Crippen molar-refractivity contribution in [1.29, 1.82) is 5.26 Å². The first-order chi connectivity index (χ1) is 14.2. The van der Waals surface area contributed by atoms with Crippen LogP contribution in [-0.4, -0.2) is 23.0 Å². The van der Waals surface area contributed by atoms with Crippen molar-refractivity contribution in [3.63, 3.8) is 0 Å². The standard InChI is InChI=1S/C23H17N3O3/c24-10-12-3-1-2-4-14(12)19-8-5-13(29-19)11-25-26-22(27)20-15-6-7-16(18-9-17(15)18)21(20)23(26)28/h1-8,11,15-18,20-21H,9H2. The Hall–Kier alpha value is -3.46. The summed E-state index contributed by atoms with van der Waals surface area (Å²) >= 11 is 0. The SMILES string of the molecule is N#Cc1ccccc1-c1ccc(C=NN2C(=O)C3C4C=CC(C5CC45)C3C2=O)o1. The van der Waals surface area contributed by atoms with Crippen LogP contribution in [0, 0.1) is 46.8 Å². The lowest BCUT2D eigenvalue weighted by Crippen LogP contribution is -2.40. The van der Waals surface area contributed by atoms with E-state index in [0.717, 1.165) is 11.4 Å². The van der Waals surface area contributed by atoms with E-state index in [2.05, 4.69) is 23.3 Å². The Kier molecular flexibility index (Phi) is 3.28. The minimum atomic E-state index is -0.256. The largest absolute Gasteiger partial charge is 0.455 e. The van der Waals surface area contributed by atoms with E-state index in [1.165, 1.54) is 6.21 Å². The smallest absolute Gasteiger partial charge is 0.254 e. The maximum Gasteiger partial charge on any atom is 0.254 e. The molecule has 0 spiro atoms. The van der Waals surface area contributed by atoms with Crippen LogP contribution in [0.4, 0.5) is 0 Å². The van der Waals surface area contributed by atoms with Crippen LogP contribution in [0.2, 0.25) is 0 Å². The second-order valence-electron chi connectivity index (χ2n) is 8.25. The highest BCUT2D eigenvalue weighted by Gasteiger charge is 2.67. The Morgan fingerprint density at radius 2 is 1.72 bits per heavy atom. The highest BCUT2D eigenvalue weighted by atomic mass is 16.3. The summed E-state index contributed by atoms with van der Waals surface area (Å²) in [7, 11) is 0. The third-order valence-electron chi connectivity index (χ3n) is 6.88. The van der Waals surface area contributed by atoms with Gasteiger partial charge < -0.3 is 4.42 Å². The fraction of sp³-hybridized carbons (Fsp3) is 0.304. The molecule has 0 N–H and O–H groups in total. The van der Waals surface area contributed by atoms with Crippen molar-refractivity contribution in [2.45, 2.75) is 6.42 Å². The summed E-state index contributed by atoms with van der Waals surface area (Å²) < 4.78 is 5.78. The van der Waals surface area contributed by atoms with Gasteiger partial charge in [0.05, 0.1) is 29.7 Å². The molecule has 6 unspecified atom stereocenters. The van der Waals surface area contributed by atoms with E-state index in [0.29, 0.717) is 34.5 Å². The van der Waals surface area contributed by atoms with Crippen LogP contribution >= 0.6 is 0 Å². The predicted octanol–water partition coefficient (Wildman–Crippen LogP) is 3.21. The van der Waals surface area contributed by atoms with Gasteiger partial charge in [0.2, 0.25) is 0 Å². The number of nitriles is 1. The molecule has 6 atom stereocenters. The van der Waals surface area contributed by atoms with Crippen molar-refractivity contribution in [1.82, 2.24) is 5.01 Å². The second-order valence-corrected chi connectivity index (χ2v) is 8.25. The second kappa shape index (κ2) is 5.77. The Bertz CT molecular complexity index is 1120. The summed E-state index contributed by atoms with van der Waals surface area (Å²) in [5.41, 5.74) is 1.21. The first-order valence-corrected chi connectivity index (χ1v) is 9.87. The summed E-state index contributed by atoms with van der Waals surface area (Å²) in [6, 6.07) is 12.8. The van der Waals surface area contributed by atoms with Gasteiger partial charge in [0.1, 0.15) is 11.5 Å². The number of carbonyl (C=O) groups excluding carboxylic acids is 2. The van der Waals surface area contributed by atoms with Crippen LogP contribution in [0.5, 0.6) is 0 Å². The summed E-state index contributed by atoms with van der Waals surface area (Å²) in [5, 5.41) is 14.5. The molecule has 7 rings (SSSR count). The maximum absolute atomic E-state index is 12.9. The molecule has 2 bridgehead atoms. The first kappa shape index (κ1) is 16.5. The monoisotopic (exact) mass is 383 g/mol. The van der Waals surface area contributed by atoms with Gasteiger partial charge >= 0.3 is 0 Å². The number of allylic oxidation sites excluding steroid dienone is 2. The van der Waals surface area contributed by atoms with Crippen LogP contribution < -0.4 is 0 Å². The zero-order valence-electron chi connectivity index (χ0n) is 15.4. The fourth-order valence-corrected chi connectivity index (χ4v) is 5.53. The average Bonchev–Trinajstić information content (AvgIpc) is 3.39. The molecule has 29 heavy (non-hydrogen) atoms. The number of hydrazone groups is 1. The van der Waals surface area contributed by atoms with Crippen LogP contribution in [0.1, 0.15) is 17.7 Å². The van der Waals surface area contributed by atoms with Gasteiger partial charge in [0.25, 0.3) is 11.8 Å². The topological polar surface area (TPSA) is 86.7 Å². The van der Waals surface area contributed by atoms with Gasteiger partial charge in [-0.15, -0.1) is 0 Å². The van der Waals surface area contributed by atoms with Gasteiger partial charge in [-0.25, -0.2) is 0 Å². The Balaban J connectivity index is 1.26. The number of imide groups is 1. The van der Waals surface area contributed by atoms with E-state index < -0.39 is 0 Å². The highest BCUT2D eigenvalue weighted by Crippen LogP contribution is 2.65. The van der Waals surface area contributed by atoms with Crippen molar-refractivity contribution in [2.24, 2.45) is 40.6 Å². The molecule has 4 aliphatic carbocycles. The third kappa shape index (κ3) is 2.24. The van der Waals surface area contributed by atoms with Gasteiger partial charge in [-0.2, -0.15) is 15.4 Å². The molecule has 2 saturated carbocycles. The van der Waals surface area contributed by atoms with Crippen molar-refractivity contribution in [3.05, 3.63) is 59.9 Å². The van der Waals surface area contributed by atoms with E-state index in [1.54, 1.807) is 24.3 Å². The summed E-state index contributed by atoms with van der Waals surface area (Å²) in [6.07, 6.45) is 6.83. The third-order valence-corrected chi connectivity index (χ3v) is 6.88. The number of hydrogen-bond acceptors (Lipinski definition) is 5. The Morgan fingerprint density at radius 1 is 1.03 bits per heavy atom. The summed E-state index contributed by atoms with van der Waals surface area (Å²) in [6.45, 7) is 0. The lowest BCUT2D eigenvalue weighted by atomic mass is 9.63. The number of carbonyl (C=O) groups is 2. The van der Waals surface area contributed by atoms with Crippen molar-refractivity contribution in [2.75, 3.05) is 0 Å². The zero-order valence-corrected chi connectivity index (χ0v) is 15.4. The molecule has 2 aromatic rings. The molecule has 1 aliphatic heterocycles. The molecule has 1 saturated heterocycles. The molecule has 142 valence electrons. The number of rotatable bonds is 3. The molecule has 3 fully saturated rings. The molecule has 0 radical (unpaired) electrons. The Morgan fingerprint density at radius 3 is 2.41 bits per heavy atom. The van der Waals surface area contributed by atoms with E-state index >= 15 is 0 Å². The summed E-state index contributed by atoms with van der Waals surface area (Å²) in [5.74, 6) is 1.57. The van der Waals surface area contributed by atoms with E-state index in [4.69, 9.17) is 4.42 Å². The quantitative estimate of drug-likeness (QED) is 0.463. The van der Waals surface area contributed by atoms with Crippen LogP contribution in [0.15, 0.2) is 58.1 Å². The van der Waals surface area contributed by atoms with E-state index in [9.17, 15) is 14.9 Å². The predicted molar refractivity (Wildman–Crippen MR) is 103 cm³/mol. The molecular formula is C23H17N3O3. The molecular weight excluding hydrogens is 366 g/mol. The molecule has 2 amide bonds. The molecule has 5 aliphatic rings. The normalized spacial score (nSPS) is 33.8. The zero-order chi connectivity index (χ0) is 19.7. The number of benzene rings is 1. The molecule has 2 heterocycles. The van der Waals surface area contributed by atoms with Crippen LogP contribution in [0.3, 0.4) is 0 Å². The first-order valence-electron chi connectivity index (χ1n) is 9.87. The van der Waals surface area contributed by atoms with Crippen molar-refractivity contribution < 1.29 is 14.0 Å². The van der Waals surface area contributed by atoms with Gasteiger partial charge in [0, 0.05) is 5.56 Å². The van der Waals surface area contributed by atoms with Crippen molar-refractivity contribution in [3.8, 4) is 17.4 Å². The number of nitrogens with zero attached hydrogens (tertiary/aromatic N) is 3. The number of amides is 2. The number of furan rings is 1. The van der Waals surface area contributed by atoms with Gasteiger partial charge in [-0.3, -0.25) is 9.59 Å². The maximum atomic E-state index is 12.9. The van der Waals surface area contributed by atoms with E-state index in [-0.39, 0.29) is 35.5 Å². The minimum absolute atomic E-state index is 0.185. The average molecular weight is 383 g/mol.